The van der Waals surface area contributed by atoms with Crippen molar-refractivity contribution >= 4 is 44.7 Å². The van der Waals surface area contributed by atoms with Gasteiger partial charge in [-0.2, -0.15) is 0 Å². The highest BCUT2D eigenvalue weighted by atomic mass is 79.9. The fourth-order valence-electron chi connectivity index (χ4n) is 3.55. The third kappa shape index (κ3) is 4.45. The van der Waals surface area contributed by atoms with Crippen LogP contribution in [0.1, 0.15) is 43.7 Å². The average molecular weight is 484 g/mol. The van der Waals surface area contributed by atoms with Gasteiger partial charge in [0.15, 0.2) is 0 Å². The Morgan fingerprint density at radius 2 is 2.13 bits per heavy atom. The SMILES string of the molecule is CCOC(=O)N(c1c(C(=O)N(C)OC)oc2ncc(Br)cc12)C1CCOC(CC)C1. The van der Waals surface area contributed by atoms with E-state index >= 15 is 0 Å². The lowest BCUT2D eigenvalue weighted by Gasteiger charge is -2.36. The van der Waals surface area contributed by atoms with Crippen molar-refractivity contribution in [2.24, 2.45) is 0 Å². The lowest BCUT2D eigenvalue weighted by atomic mass is 9.99. The van der Waals surface area contributed by atoms with E-state index < -0.39 is 12.0 Å². The van der Waals surface area contributed by atoms with Gasteiger partial charge in [-0.15, -0.1) is 0 Å². The van der Waals surface area contributed by atoms with Gasteiger partial charge in [0, 0.05) is 30.4 Å². The number of nitrogens with zero attached hydrogens (tertiary/aromatic N) is 3. The number of aromatic nitrogens is 1. The number of hydrogen-bond donors (Lipinski definition) is 0. The molecule has 1 aliphatic rings. The van der Waals surface area contributed by atoms with Crippen molar-refractivity contribution in [3.05, 3.63) is 22.5 Å². The van der Waals surface area contributed by atoms with Crippen molar-refractivity contribution in [2.75, 3.05) is 32.3 Å². The summed E-state index contributed by atoms with van der Waals surface area (Å²) < 4.78 is 17.7. The first-order valence-electron chi connectivity index (χ1n) is 9.88. The van der Waals surface area contributed by atoms with Gasteiger partial charge in [0.2, 0.25) is 11.5 Å². The van der Waals surface area contributed by atoms with Gasteiger partial charge in [-0.3, -0.25) is 14.5 Å². The normalized spacial score (nSPS) is 19.0. The van der Waals surface area contributed by atoms with E-state index in [4.69, 9.17) is 18.7 Å². The van der Waals surface area contributed by atoms with Crippen LogP contribution >= 0.6 is 15.9 Å². The molecule has 2 atom stereocenters. The van der Waals surface area contributed by atoms with Gasteiger partial charge >= 0.3 is 12.0 Å². The van der Waals surface area contributed by atoms with Crippen molar-refractivity contribution in [3.63, 3.8) is 0 Å². The van der Waals surface area contributed by atoms with E-state index in [-0.39, 0.29) is 30.2 Å². The third-order valence-corrected chi connectivity index (χ3v) is 5.54. The molecule has 3 heterocycles. The maximum atomic E-state index is 13.1. The molecule has 2 unspecified atom stereocenters. The van der Waals surface area contributed by atoms with Crippen molar-refractivity contribution in [3.8, 4) is 0 Å². The third-order valence-electron chi connectivity index (χ3n) is 5.11. The number of hydrogen-bond acceptors (Lipinski definition) is 7. The summed E-state index contributed by atoms with van der Waals surface area (Å²) in [5.41, 5.74) is 0.572. The number of hydroxylamine groups is 2. The second kappa shape index (κ2) is 9.76. The smallest absolute Gasteiger partial charge is 0.414 e. The predicted molar refractivity (Wildman–Crippen MR) is 113 cm³/mol. The van der Waals surface area contributed by atoms with Crippen LogP contribution in [0.5, 0.6) is 0 Å². The van der Waals surface area contributed by atoms with Crippen LogP contribution in [0.3, 0.4) is 0 Å². The van der Waals surface area contributed by atoms with Gasteiger partial charge < -0.3 is 13.9 Å². The number of rotatable bonds is 6. The monoisotopic (exact) mass is 483 g/mol. The predicted octanol–water partition coefficient (Wildman–Crippen LogP) is 4.14. The molecule has 1 aliphatic heterocycles. The summed E-state index contributed by atoms with van der Waals surface area (Å²) in [5, 5.41) is 1.57. The molecule has 164 valence electrons. The molecule has 10 heteroatoms. The molecule has 0 N–H and O–H groups in total. The molecule has 30 heavy (non-hydrogen) atoms. The molecule has 0 bridgehead atoms. The number of furan rings is 1. The van der Waals surface area contributed by atoms with Gasteiger partial charge in [0.25, 0.3) is 0 Å². The fourth-order valence-corrected chi connectivity index (χ4v) is 3.88. The van der Waals surface area contributed by atoms with Crippen LogP contribution in [0, 0.1) is 0 Å². The fraction of sp³-hybridized carbons (Fsp3) is 0.550. The van der Waals surface area contributed by atoms with Crippen LogP contribution in [0.25, 0.3) is 11.1 Å². The number of carbonyl (C=O) groups excluding carboxylic acids is 2. The molecule has 3 rings (SSSR count). The Labute approximate surface area is 183 Å². The van der Waals surface area contributed by atoms with Gasteiger partial charge in [-0.1, -0.05) is 6.92 Å². The van der Waals surface area contributed by atoms with Crippen LogP contribution in [0.15, 0.2) is 21.2 Å². The maximum absolute atomic E-state index is 13.1. The number of amides is 2. The van der Waals surface area contributed by atoms with Crippen LogP contribution in [-0.2, 0) is 14.3 Å². The second-order valence-electron chi connectivity index (χ2n) is 6.92. The zero-order valence-electron chi connectivity index (χ0n) is 17.5. The lowest BCUT2D eigenvalue weighted by Crippen LogP contribution is -2.46. The minimum Gasteiger partial charge on any atom is -0.449 e. The molecule has 2 aromatic heterocycles. The number of ether oxygens (including phenoxy) is 2. The van der Waals surface area contributed by atoms with Crippen molar-refractivity contribution < 1.29 is 28.3 Å². The van der Waals surface area contributed by atoms with Crippen molar-refractivity contribution in [1.82, 2.24) is 10.0 Å². The van der Waals surface area contributed by atoms with Crippen molar-refractivity contribution in [1.29, 1.82) is 0 Å². The van der Waals surface area contributed by atoms with Gasteiger partial charge in [0.1, 0.15) is 5.69 Å². The zero-order valence-corrected chi connectivity index (χ0v) is 19.1. The minimum atomic E-state index is -0.545. The molecule has 0 radical (unpaired) electrons. The molecule has 2 aromatic rings. The molecule has 2 amide bonds. The maximum Gasteiger partial charge on any atom is 0.414 e. The first kappa shape index (κ1) is 22.5. The van der Waals surface area contributed by atoms with E-state index in [1.165, 1.54) is 19.1 Å². The molecular weight excluding hydrogens is 458 g/mol. The summed E-state index contributed by atoms with van der Waals surface area (Å²) in [7, 11) is 2.85. The number of halogens is 1. The Bertz CT molecular complexity index is 917. The Balaban J connectivity index is 2.19. The summed E-state index contributed by atoms with van der Waals surface area (Å²) in [6.45, 7) is 4.50. The molecule has 1 fully saturated rings. The quantitative estimate of drug-likeness (QED) is 0.569. The summed E-state index contributed by atoms with van der Waals surface area (Å²) >= 11 is 3.41. The lowest BCUT2D eigenvalue weighted by molar-refractivity contribution is -0.0772. The Hall–Kier alpha value is -2.17. The van der Waals surface area contributed by atoms with Gasteiger partial charge in [-0.05, 0) is 48.2 Å². The number of anilines is 1. The molecule has 0 aliphatic carbocycles. The summed E-state index contributed by atoms with van der Waals surface area (Å²) in [6.07, 6.45) is 3.10. The largest absolute Gasteiger partial charge is 0.449 e. The first-order chi connectivity index (χ1) is 14.4. The summed E-state index contributed by atoms with van der Waals surface area (Å²) in [5.74, 6) is -0.567. The topological polar surface area (TPSA) is 94.3 Å². The van der Waals surface area contributed by atoms with Crippen LogP contribution < -0.4 is 4.90 Å². The van der Waals surface area contributed by atoms with E-state index in [1.807, 2.05) is 6.92 Å². The zero-order chi connectivity index (χ0) is 21.8. The highest BCUT2D eigenvalue weighted by Crippen LogP contribution is 2.38. The molecule has 0 spiro atoms. The van der Waals surface area contributed by atoms with Gasteiger partial charge in [-0.25, -0.2) is 14.8 Å². The average Bonchev–Trinajstić information content (AvgIpc) is 3.11. The summed E-state index contributed by atoms with van der Waals surface area (Å²) in [4.78, 5) is 36.9. The highest BCUT2D eigenvalue weighted by molar-refractivity contribution is 9.10. The van der Waals surface area contributed by atoms with E-state index in [0.29, 0.717) is 35.0 Å². The van der Waals surface area contributed by atoms with E-state index in [0.717, 1.165) is 11.5 Å². The molecule has 9 nitrogen and oxygen atoms in total. The molecule has 0 aromatic carbocycles. The van der Waals surface area contributed by atoms with Crippen LogP contribution in [0.4, 0.5) is 10.5 Å². The van der Waals surface area contributed by atoms with E-state index in [2.05, 4.69) is 20.9 Å². The van der Waals surface area contributed by atoms with Crippen molar-refractivity contribution in [2.45, 2.75) is 45.3 Å². The van der Waals surface area contributed by atoms with E-state index in [9.17, 15) is 9.59 Å². The van der Waals surface area contributed by atoms with Crippen LogP contribution in [0.2, 0.25) is 0 Å². The Morgan fingerprint density at radius 3 is 2.80 bits per heavy atom. The number of pyridine rings is 1. The second-order valence-corrected chi connectivity index (χ2v) is 7.84. The van der Waals surface area contributed by atoms with Gasteiger partial charge in [0.05, 0.1) is 25.2 Å². The molecule has 0 saturated carbocycles. The van der Waals surface area contributed by atoms with E-state index in [1.54, 1.807) is 19.2 Å². The molecule has 1 saturated heterocycles. The Kier molecular flexibility index (Phi) is 7.32. The first-order valence-corrected chi connectivity index (χ1v) is 10.7. The number of fused-ring (bicyclic) bond motifs is 1. The van der Waals surface area contributed by atoms with Crippen LogP contribution in [-0.4, -0.2) is 61.6 Å². The highest BCUT2D eigenvalue weighted by Gasteiger charge is 2.38. The summed E-state index contributed by atoms with van der Waals surface area (Å²) in [6, 6.07) is 1.55. The standard InChI is InChI=1S/C20H26BrN3O6/c1-5-14-10-13(7-8-29-14)24(20(26)28-6-2)16-15-9-12(21)11-22-18(15)30-17(16)19(25)23(3)27-4/h9,11,13-14H,5-8,10H2,1-4H3. The Morgan fingerprint density at radius 1 is 1.37 bits per heavy atom. The minimum absolute atomic E-state index is 0.0181. The number of carbonyl (C=O) groups is 2. The molecular formula is C20H26BrN3O6.